The van der Waals surface area contributed by atoms with Crippen LogP contribution in [0.25, 0.3) is 0 Å². The Hall–Kier alpha value is -1.81. The SMILES string of the molecule is CCC(C)c1ccc(NS(=O)(=O)c2ccccc2)cc1. The van der Waals surface area contributed by atoms with Gasteiger partial charge in [0.15, 0.2) is 0 Å². The zero-order valence-corrected chi connectivity index (χ0v) is 12.5. The van der Waals surface area contributed by atoms with Crippen LogP contribution in [-0.4, -0.2) is 8.42 Å². The van der Waals surface area contributed by atoms with Gasteiger partial charge in [0.05, 0.1) is 4.90 Å². The third-order valence-corrected chi connectivity index (χ3v) is 4.80. The molecule has 0 bridgehead atoms. The van der Waals surface area contributed by atoms with E-state index < -0.39 is 10.0 Å². The van der Waals surface area contributed by atoms with Crippen molar-refractivity contribution in [2.24, 2.45) is 0 Å². The van der Waals surface area contributed by atoms with Crippen molar-refractivity contribution < 1.29 is 8.42 Å². The molecular formula is C16H19NO2S. The molecule has 0 spiro atoms. The average molecular weight is 289 g/mol. The molecule has 1 atom stereocenters. The summed E-state index contributed by atoms with van der Waals surface area (Å²) in [6, 6.07) is 15.9. The molecule has 4 heteroatoms. The maximum absolute atomic E-state index is 12.2. The van der Waals surface area contributed by atoms with Gasteiger partial charge < -0.3 is 0 Å². The molecule has 2 aromatic rings. The maximum atomic E-state index is 12.2. The minimum absolute atomic E-state index is 0.269. The van der Waals surface area contributed by atoms with Gasteiger partial charge in [0, 0.05) is 5.69 Å². The predicted molar refractivity (Wildman–Crippen MR) is 82.4 cm³/mol. The lowest BCUT2D eigenvalue weighted by molar-refractivity contribution is 0.601. The molecule has 1 N–H and O–H groups in total. The Morgan fingerprint density at radius 1 is 1.00 bits per heavy atom. The highest BCUT2D eigenvalue weighted by Gasteiger charge is 2.13. The Kier molecular flexibility index (Phi) is 4.45. The third kappa shape index (κ3) is 3.39. The standard InChI is InChI=1S/C16H19NO2S/c1-3-13(2)14-9-11-15(12-10-14)17-20(18,19)16-7-5-4-6-8-16/h4-13,17H,3H2,1-2H3. The fourth-order valence-electron chi connectivity index (χ4n) is 1.93. The fourth-order valence-corrected chi connectivity index (χ4v) is 3.01. The van der Waals surface area contributed by atoms with Crippen LogP contribution in [0.15, 0.2) is 59.5 Å². The first-order valence-electron chi connectivity index (χ1n) is 6.71. The van der Waals surface area contributed by atoms with Crippen molar-refractivity contribution >= 4 is 15.7 Å². The van der Waals surface area contributed by atoms with E-state index in [2.05, 4.69) is 18.6 Å². The topological polar surface area (TPSA) is 46.2 Å². The second-order valence-corrected chi connectivity index (χ2v) is 6.53. The maximum Gasteiger partial charge on any atom is 0.261 e. The van der Waals surface area contributed by atoms with Crippen LogP contribution in [0, 0.1) is 0 Å². The predicted octanol–water partition coefficient (Wildman–Crippen LogP) is 4.00. The average Bonchev–Trinajstić information content (AvgIpc) is 2.48. The normalized spacial score (nSPS) is 12.9. The van der Waals surface area contributed by atoms with Gasteiger partial charge in [-0.05, 0) is 42.2 Å². The molecule has 0 heterocycles. The molecule has 20 heavy (non-hydrogen) atoms. The lowest BCUT2D eigenvalue weighted by atomic mass is 9.99. The Bertz CT molecular complexity index is 649. The zero-order chi connectivity index (χ0) is 14.6. The van der Waals surface area contributed by atoms with Gasteiger partial charge in [-0.2, -0.15) is 0 Å². The van der Waals surface area contributed by atoms with Gasteiger partial charge in [0.25, 0.3) is 10.0 Å². The molecule has 0 saturated carbocycles. The van der Waals surface area contributed by atoms with Crippen molar-refractivity contribution in [3.8, 4) is 0 Å². The molecule has 0 amide bonds. The van der Waals surface area contributed by atoms with Gasteiger partial charge in [-0.15, -0.1) is 0 Å². The van der Waals surface area contributed by atoms with Gasteiger partial charge in [-0.1, -0.05) is 44.2 Å². The van der Waals surface area contributed by atoms with Crippen molar-refractivity contribution in [2.75, 3.05) is 4.72 Å². The van der Waals surface area contributed by atoms with Crippen molar-refractivity contribution in [2.45, 2.75) is 31.1 Å². The molecule has 2 rings (SSSR count). The van der Waals surface area contributed by atoms with Crippen molar-refractivity contribution in [1.29, 1.82) is 0 Å². The van der Waals surface area contributed by atoms with Crippen molar-refractivity contribution in [3.63, 3.8) is 0 Å². The van der Waals surface area contributed by atoms with E-state index in [0.29, 0.717) is 11.6 Å². The number of sulfonamides is 1. The summed E-state index contributed by atoms with van der Waals surface area (Å²) < 4.78 is 26.9. The summed E-state index contributed by atoms with van der Waals surface area (Å²) in [6.07, 6.45) is 1.06. The van der Waals surface area contributed by atoms with E-state index >= 15 is 0 Å². The van der Waals surface area contributed by atoms with Crippen LogP contribution in [0.2, 0.25) is 0 Å². The number of anilines is 1. The summed E-state index contributed by atoms with van der Waals surface area (Å²) in [4.78, 5) is 0.269. The van der Waals surface area contributed by atoms with Crippen LogP contribution in [0.1, 0.15) is 31.7 Å². The van der Waals surface area contributed by atoms with Crippen LogP contribution < -0.4 is 4.72 Å². The number of nitrogens with one attached hydrogen (secondary N) is 1. The minimum atomic E-state index is -3.50. The molecule has 0 saturated heterocycles. The van der Waals surface area contributed by atoms with Crippen LogP contribution in [0.3, 0.4) is 0 Å². The van der Waals surface area contributed by atoms with Gasteiger partial charge in [-0.25, -0.2) is 8.42 Å². The molecule has 3 nitrogen and oxygen atoms in total. The van der Waals surface area contributed by atoms with Crippen molar-refractivity contribution in [1.82, 2.24) is 0 Å². The number of hydrogen-bond donors (Lipinski definition) is 1. The molecule has 0 radical (unpaired) electrons. The highest BCUT2D eigenvalue weighted by molar-refractivity contribution is 7.92. The third-order valence-electron chi connectivity index (χ3n) is 3.40. The van der Waals surface area contributed by atoms with Crippen LogP contribution in [0.5, 0.6) is 0 Å². The summed E-state index contributed by atoms with van der Waals surface area (Å²) in [5, 5.41) is 0. The molecule has 1 unspecified atom stereocenters. The smallest absolute Gasteiger partial charge is 0.261 e. The quantitative estimate of drug-likeness (QED) is 0.904. The second-order valence-electron chi connectivity index (χ2n) is 4.85. The van der Waals surface area contributed by atoms with Crippen LogP contribution >= 0.6 is 0 Å². The molecular weight excluding hydrogens is 270 g/mol. The largest absolute Gasteiger partial charge is 0.280 e. The lowest BCUT2D eigenvalue weighted by Gasteiger charge is -2.11. The van der Waals surface area contributed by atoms with Gasteiger partial charge in [0.2, 0.25) is 0 Å². The van der Waals surface area contributed by atoms with E-state index in [4.69, 9.17) is 0 Å². The Balaban J connectivity index is 2.18. The molecule has 0 fully saturated rings. The Morgan fingerprint density at radius 3 is 2.15 bits per heavy atom. The Morgan fingerprint density at radius 2 is 1.60 bits per heavy atom. The van der Waals surface area contributed by atoms with E-state index in [9.17, 15) is 8.42 Å². The molecule has 0 aromatic heterocycles. The summed E-state index contributed by atoms with van der Waals surface area (Å²) in [5.74, 6) is 0.481. The number of benzene rings is 2. The molecule has 2 aromatic carbocycles. The Labute approximate surface area is 120 Å². The van der Waals surface area contributed by atoms with Crippen LogP contribution in [0.4, 0.5) is 5.69 Å². The zero-order valence-electron chi connectivity index (χ0n) is 11.7. The van der Waals surface area contributed by atoms with E-state index in [-0.39, 0.29) is 4.90 Å². The summed E-state index contributed by atoms with van der Waals surface area (Å²) in [6.45, 7) is 4.29. The molecule has 0 aliphatic carbocycles. The summed E-state index contributed by atoms with van der Waals surface area (Å²) >= 11 is 0. The monoisotopic (exact) mass is 289 g/mol. The molecule has 0 aliphatic rings. The van der Waals surface area contributed by atoms with Gasteiger partial charge >= 0.3 is 0 Å². The fraction of sp³-hybridized carbons (Fsp3) is 0.250. The van der Waals surface area contributed by atoms with E-state index in [1.807, 2.05) is 24.3 Å². The first-order valence-corrected chi connectivity index (χ1v) is 8.19. The summed E-state index contributed by atoms with van der Waals surface area (Å²) in [7, 11) is -3.50. The number of hydrogen-bond acceptors (Lipinski definition) is 2. The highest BCUT2D eigenvalue weighted by atomic mass is 32.2. The highest BCUT2D eigenvalue weighted by Crippen LogP contribution is 2.22. The van der Waals surface area contributed by atoms with E-state index in [1.54, 1.807) is 30.3 Å². The lowest BCUT2D eigenvalue weighted by Crippen LogP contribution is -2.12. The first-order chi connectivity index (χ1) is 9.53. The first kappa shape index (κ1) is 14.6. The van der Waals surface area contributed by atoms with Crippen molar-refractivity contribution in [3.05, 3.63) is 60.2 Å². The summed E-state index contributed by atoms with van der Waals surface area (Å²) in [5.41, 5.74) is 1.80. The molecule has 106 valence electrons. The minimum Gasteiger partial charge on any atom is -0.280 e. The number of rotatable bonds is 5. The van der Waals surface area contributed by atoms with Gasteiger partial charge in [0.1, 0.15) is 0 Å². The van der Waals surface area contributed by atoms with E-state index in [0.717, 1.165) is 6.42 Å². The van der Waals surface area contributed by atoms with E-state index in [1.165, 1.54) is 5.56 Å². The second kappa shape index (κ2) is 6.09. The molecule has 0 aliphatic heterocycles. The van der Waals surface area contributed by atoms with Gasteiger partial charge in [-0.3, -0.25) is 4.72 Å². The van der Waals surface area contributed by atoms with Crippen LogP contribution in [-0.2, 0) is 10.0 Å².